The molecule has 0 aliphatic rings. The van der Waals surface area contributed by atoms with Gasteiger partial charge < -0.3 is 5.73 Å². The van der Waals surface area contributed by atoms with E-state index in [1.54, 1.807) is 0 Å². The Morgan fingerprint density at radius 1 is 1.12 bits per heavy atom. The average Bonchev–Trinajstić information content (AvgIpc) is 2.30. The van der Waals surface area contributed by atoms with Gasteiger partial charge in [-0.2, -0.15) is 0 Å². The molecule has 88 valence electrons. The van der Waals surface area contributed by atoms with E-state index in [4.69, 9.17) is 0 Å². The number of nitrogens with zero attached hydrogens (tertiary/aromatic N) is 1. The second-order valence-electron chi connectivity index (χ2n) is 3.64. The van der Waals surface area contributed by atoms with Crippen molar-refractivity contribution >= 4 is 5.91 Å². The molecule has 2 rings (SSSR count). The van der Waals surface area contributed by atoms with Crippen LogP contribution in [0.25, 0.3) is 11.3 Å². The van der Waals surface area contributed by atoms with E-state index in [0.29, 0.717) is 0 Å². The van der Waals surface area contributed by atoms with Crippen LogP contribution in [0, 0.1) is 6.92 Å². The van der Waals surface area contributed by atoms with E-state index in [-0.39, 0.29) is 5.91 Å². The molecule has 0 aliphatic carbocycles. The molecule has 1 amide bonds. The van der Waals surface area contributed by atoms with E-state index in [1.165, 1.54) is 18.1 Å². The van der Waals surface area contributed by atoms with Crippen molar-refractivity contribution in [1.29, 1.82) is 0 Å². The smallest absolute Gasteiger partial charge is 0.214 e. The first-order chi connectivity index (χ1) is 8.11. The molecule has 1 aromatic heterocycles. The fraction of sp³-hybridized carbons (Fsp3) is 0.143. The average molecular weight is 228 g/mol. The first-order valence-electron chi connectivity index (χ1n) is 5.34. The number of amides is 1. The number of nitrogens with two attached hydrogens (primary N) is 1. The van der Waals surface area contributed by atoms with Gasteiger partial charge in [0.15, 0.2) is 0 Å². The summed E-state index contributed by atoms with van der Waals surface area (Å²) in [7, 11) is 0. The zero-order chi connectivity index (χ0) is 12.7. The van der Waals surface area contributed by atoms with Crippen LogP contribution < -0.4 is 5.73 Å². The van der Waals surface area contributed by atoms with Crippen LogP contribution in [0.2, 0.25) is 0 Å². The quantitative estimate of drug-likeness (QED) is 0.815. The summed E-state index contributed by atoms with van der Waals surface area (Å²) in [6.45, 7) is 3.41. The zero-order valence-corrected chi connectivity index (χ0v) is 10.1. The van der Waals surface area contributed by atoms with E-state index in [9.17, 15) is 4.79 Å². The van der Waals surface area contributed by atoms with Crippen LogP contribution in [-0.2, 0) is 4.79 Å². The molecule has 0 atom stereocenters. The molecule has 3 nitrogen and oxygen atoms in total. The van der Waals surface area contributed by atoms with Crippen LogP contribution in [0.15, 0.2) is 48.7 Å². The van der Waals surface area contributed by atoms with Crippen molar-refractivity contribution < 1.29 is 4.79 Å². The number of aromatic nitrogens is 1. The molecule has 0 fully saturated rings. The number of benzene rings is 1. The summed E-state index contributed by atoms with van der Waals surface area (Å²) >= 11 is 0. The molecule has 0 saturated heterocycles. The number of aryl methyl sites for hydroxylation is 1. The summed E-state index contributed by atoms with van der Waals surface area (Å²) in [6.07, 6.45) is 1.82. The minimum atomic E-state index is -0.333. The lowest BCUT2D eigenvalue weighted by atomic mass is 10.1. The van der Waals surface area contributed by atoms with Gasteiger partial charge in [-0.1, -0.05) is 30.3 Å². The Kier molecular flexibility index (Phi) is 4.88. The standard InChI is InChI=1S/C12H11N.C2H5NO/c1-10-6-2-3-7-11(10)12-8-4-5-9-13-12;1-2(3)4/h2-9H,1H3;1H3,(H2,3,4). The zero-order valence-electron chi connectivity index (χ0n) is 10.1. The summed E-state index contributed by atoms with van der Waals surface area (Å²) < 4.78 is 0. The van der Waals surface area contributed by atoms with Crippen LogP contribution in [0.1, 0.15) is 12.5 Å². The van der Waals surface area contributed by atoms with Crippen molar-refractivity contribution in [2.75, 3.05) is 0 Å². The molecule has 0 radical (unpaired) electrons. The first kappa shape index (κ1) is 12.9. The number of hydrogen-bond acceptors (Lipinski definition) is 2. The number of carbonyl (C=O) groups excluding carboxylic acids is 1. The van der Waals surface area contributed by atoms with Crippen LogP contribution in [0.3, 0.4) is 0 Å². The van der Waals surface area contributed by atoms with E-state index in [2.05, 4.69) is 29.8 Å². The van der Waals surface area contributed by atoms with Gasteiger partial charge in [0.25, 0.3) is 0 Å². The lowest BCUT2D eigenvalue weighted by molar-refractivity contribution is -0.115. The highest BCUT2D eigenvalue weighted by atomic mass is 16.1. The Morgan fingerprint density at radius 2 is 1.71 bits per heavy atom. The second-order valence-corrected chi connectivity index (χ2v) is 3.64. The highest BCUT2D eigenvalue weighted by Gasteiger charge is 1.99. The maximum atomic E-state index is 9.22. The minimum absolute atomic E-state index is 0.333. The molecule has 17 heavy (non-hydrogen) atoms. The monoisotopic (exact) mass is 228 g/mol. The summed E-state index contributed by atoms with van der Waals surface area (Å²) in [5, 5.41) is 0. The van der Waals surface area contributed by atoms with Gasteiger partial charge >= 0.3 is 0 Å². The Balaban J connectivity index is 0.000000317. The van der Waals surface area contributed by atoms with E-state index in [1.807, 2.05) is 36.5 Å². The summed E-state index contributed by atoms with van der Waals surface area (Å²) in [5.74, 6) is -0.333. The fourth-order valence-corrected chi connectivity index (χ4v) is 1.38. The predicted molar refractivity (Wildman–Crippen MR) is 69.3 cm³/mol. The molecule has 0 spiro atoms. The Bertz CT molecular complexity index is 477. The molecule has 0 aliphatic heterocycles. The number of carbonyl (C=O) groups is 1. The molecule has 2 aromatic rings. The van der Waals surface area contributed by atoms with Crippen molar-refractivity contribution in [2.24, 2.45) is 5.73 Å². The van der Waals surface area contributed by atoms with Gasteiger partial charge in [0.1, 0.15) is 0 Å². The second kappa shape index (κ2) is 6.43. The van der Waals surface area contributed by atoms with Crippen molar-refractivity contribution in [3.05, 3.63) is 54.2 Å². The first-order valence-corrected chi connectivity index (χ1v) is 5.34. The highest BCUT2D eigenvalue weighted by molar-refractivity contribution is 5.70. The summed E-state index contributed by atoms with van der Waals surface area (Å²) in [5.41, 5.74) is 7.99. The molecule has 3 heteroatoms. The Labute approximate surface area is 101 Å². The van der Waals surface area contributed by atoms with E-state index in [0.717, 1.165) is 5.69 Å². The van der Waals surface area contributed by atoms with E-state index < -0.39 is 0 Å². The summed E-state index contributed by atoms with van der Waals surface area (Å²) in [4.78, 5) is 13.5. The van der Waals surface area contributed by atoms with Gasteiger partial charge in [0.2, 0.25) is 5.91 Å². The molecule has 2 N–H and O–H groups in total. The molecular formula is C14H16N2O. The van der Waals surface area contributed by atoms with E-state index >= 15 is 0 Å². The van der Waals surface area contributed by atoms with Crippen LogP contribution >= 0.6 is 0 Å². The third-order valence-corrected chi connectivity index (χ3v) is 2.09. The van der Waals surface area contributed by atoms with Crippen molar-refractivity contribution in [2.45, 2.75) is 13.8 Å². The largest absolute Gasteiger partial charge is 0.370 e. The highest BCUT2D eigenvalue weighted by Crippen LogP contribution is 2.19. The molecule has 0 unspecified atom stereocenters. The van der Waals surface area contributed by atoms with Gasteiger partial charge in [-0.3, -0.25) is 9.78 Å². The molecule has 0 saturated carbocycles. The minimum Gasteiger partial charge on any atom is -0.370 e. The maximum Gasteiger partial charge on any atom is 0.214 e. The fourth-order valence-electron chi connectivity index (χ4n) is 1.38. The number of rotatable bonds is 1. The number of primary amides is 1. The molecular weight excluding hydrogens is 212 g/mol. The lowest BCUT2D eigenvalue weighted by Crippen LogP contribution is -2.01. The SMILES string of the molecule is CC(N)=O.Cc1ccccc1-c1ccccn1. The predicted octanol–water partition coefficient (Wildman–Crippen LogP) is 2.55. The third-order valence-electron chi connectivity index (χ3n) is 2.09. The Hall–Kier alpha value is -2.16. The molecule has 1 heterocycles. The third kappa shape index (κ3) is 4.47. The van der Waals surface area contributed by atoms with Crippen molar-refractivity contribution in [3.8, 4) is 11.3 Å². The van der Waals surface area contributed by atoms with Crippen molar-refractivity contribution in [1.82, 2.24) is 4.98 Å². The van der Waals surface area contributed by atoms with Crippen LogP contribution in [0.4, 0.5) is 0 Å². The van der Waals surface area contributed by atoms with Crippen LogP contribution in [0.5, 0.6) is 0 Å². The van der Waals surface area contributed by atoms with Gasteiger partial charge in [-0.05, 0) is 24.6 Å². The molecule has 1 aromatic carbocycles. The Morgan fingerprint density at radius 3 is 2.24 bits per heavy atom. The lowest BCUT2D eigenvalue weighted by Gasteiger charge is -2.03. The van der Waals surface area contributed by atoms with Gasteiger partial charge in [-0.25, -0.2) is 0 Å². The van der Waals surface area contributed by atoms with Gasteiger partial charge in [0, 0.05) is 18.7 Å². The number of hydrogen-bond donors (Lipinski definition) is 1. The number of pyridine rings is 1. The summed E-state index contributed by atoms with van der Waals surface area (Å²) in [6, 6.07) is 14.2. The van der Waals surface area contributed by atoms with Gasteiger partial charge in [-0.15, -0.1) is 0 Å². The topological polar surface area (TPSA) is 56.0 Å². The van der Waals surface area contributed by atoms with Crippen molar-refractivity contribution in [3.63, 3.8) is 0 Å². The van der Waals surface area contributed by atoms with Gasteiger partial charge in [0.05, 0.1) is 5.69 Å². The normalized spacial score (nSPS) is 9.06. The van der Waals surface area contributed by atoms with Crippen LogP contribution in [-0.4, -0.2) is 10.9 Å². The molecule has 0 bridgehead atoms. The maximum absolute atomic E-state index is 9.22.